The molecule has 0 aliphatic carbocycles. The van der Waals surface area contributed by atoms with E-state index in [9.17, 15) is 0 Å². The molecule has 0 spiro atoms. The molecule has 0 heterocycles. The van der Waals surface area contributed by atoms with Crippen molar-refractivity contribution >= 4 is 11.6 Å². The van der Waals surface area contributed by atoms with Crippen molar-refractivity contribution in [1.29, 1.82) is 0 Å². The Bertz CT molecular complexity index is 600. The van der Waals surface area contributed by atoms with Gasteiger partial charge in [-0.3, -0.25) is 0 Å². The Balaban J connectivity index is 2.02. The van der Waals surface area contributed by atoms with Gasteiger partial charge in [0, 0.05) is 17.1 Å². The van der Waals surface area contributed by atoms with Gasteiger partial charge in [-0.15, -0.1) is 0 Å². The number of hydrogen-bond acceptors (Lipinski definition) is 2. The minimum Gasteiger partial charge on any atom is -0.457 e. The molecule has 0 radical (unpaired) electrons. The Kier molecular flexibility index (Phi) is 4.92. The van der Waals surface area contributed by atoms with E-state index >= 15 is 0 Å². The Morgan fingerprint density at radius 1 is 1.05 bits per heavy atom. The SMILES string of the molecule is Cc1cc(Cl)ccc1Oc1ccc(CNC(C)(C)C)cc1. The Morgan fingerprint density at radius 3 is 2.29 bits per heavy atom. The molecule has 0 amide bonds. The zero-order chi connectivity index (χ0) is 15.5. The van der Waals surface area contributed by atoms with Crippen molar-refractivity contribution in [2.75, 3.05) is 0 Å². The van der Waals surface area contributed by atoms with Crippen molar-refractivity contribution in [1.82, 2.24) is 5.32 Å². The lowest BCUT2D eigenvalue weighted by atomic mass is 10.1. The van der Waals surface area contributed by atoms with E-state index in [1.54, 1.807) is 0 Å². The van der Waals surface area contributed by atoms with Crippen molar-refractivity contribution in [3.8, 4) is 11.5 Å². The van der Waals surface area contributed by atoms with Gasteiger partial charge < -0.3 is 10.1 Å². The van der Waals surface area contributed by atoms with Crippen LogP contribution in [0.5, 0.6) is 11.5 Å². The van der Waals surface area contributed by atoms with E-state index in [0.29, 0.717) is 0 Å². The van der Waals surface area contributed by atoms with E-state index in [0.717, 1.165) is 28.6 Å². The molecule has 0 aliphatic rings. The first-order valence-corrected chi connectivity index (χ1v) is 7.49. The lowest BCUT2D eigenvalue weighted by molar-refractivity contribution is 0.424. The summed E-state index contributed by atoms with van der Waals surface area (Å²) in [5.41, 5.74) is 2.39. The Hall–Kier alpha value is -1.51. The first kappa shape index (κ1) is 15.9. The van der Waals surface area contributed by atoms with Crippen LogP contribution >= 0.6 is 11.6 Å². The quantitative estimate of drug-likeness (QED) is 0.824. The maximum atomic E-state index is 5.95. The van der Waals surface area contributed by atoms with Crippen LogP contribution in [-0.4, -0.2) is 5.54 Å². The van der Waals surface area contributed by atoms with E-state index in [1.807, 2.05) is 37.3 Å². The highest BCUT2D eigenvalue weighted by Gasteiger charge is 2.08. The zero-order valence-electron chi connectivity index (χ0n) is 13.0. The number of nitrogens with one attached hydrogen (secondary N) is 1. The van der Waals surface area contributed by atoms with Gasteiger partial charge in [0.2, 0.25) is 0 Å². The second-order valence-electron chi connectivity index (χ2n) is 6.26. The topological polar surface area (TPSA) is 21.3 Å². The minimum absolute atomic E-state index is 0.121. The third-order valence-electron chi connectivity index (χ3n) is 3.11. The van der Waals surface area contributed by atoms with Gasteiger partial charge in [-0.2, -0.15) is 0 Å². The highest BCUT2D eigenvalue weighted by Crippen LogP contribution is 2.27. The molecule has 2 nitrogen and oxygen atoms in total. The average molecular weight is 304 g/mol. The van der Waals surface area contributed by atoms with Crippen LogP contribution in [0, 0.1) is 6.92 Å². The van der Waals surface area contributed by atoms with E-state index in [4.69, 9.17) is 16.3 Å². The third kappa shape index (κ3) is 5.07. The van der Waals surface area contributed by atoms with Crippen LogP contribution < -0.4 is 10.1 Å². The van der Waals surface area contributed by atoms with Gasteiger partial charge >= 0.3 is 0 Å². The van der Waals surface area contributed by atoms with Crippen LogP contribution in [0.3, 0.4) is 0 Å². The monoisotopic (exact) mass is 303 g/mol. The number of hydrogen-bond donors (Lipinski definition) is 1. The molecule has 3 heteroatoms. The molecule has 2 rings (SSSR count). The molecule has 0 saturated heterocycles. The van der Waals surface area contributed by atoms with Gasteiger partial charge in [-0.05, 0) is 69.2 Å². The first-order chi connectivity index (χ1) is 9.83. The zero-order valence-corrected chi connectivity index (χ0v) is 13.8. The van der Waals surface area contributed by atoms with Gasteiger partial charge in [-0.1, -0.05) is 23.7 Å². The molecule has 0 fully saturated rings. The molecule has 0 saturated carbocycles. The van der Waals surface area contributed by atoms with Crippen LogP contribution in [0.2, 0.25) is 5.02 Å². The molecule has 2 aromatic carbocycles. The van der Waals surface area contributed by atoms with Crippen molar-refractivity contribution in [3.63, 3.8) is 0 Å². The smallest absolute Gasteiger partial charge is 0.130 e. The van der Waals surface area contributed by atoms with Gasteiger partial charge in [0.1, 0.15) is 11.5 Å². The normalized spacial score (nSPS) is 11.5. The summed E-state index contributed by atoms with van der Waals surface area (Å²) in [4.78, 5) is 0. The molecule has 0 aliphatic heterocycles. The lowest BCUT2D eigenvalue weighted by Gasteiger charge is -2.20. The van der Waals surface area contributed by atoms with Gasteiger partial charge in [0.05, 0.1) is 0 Å². The van der Waals surface area contributed by atoms with E-state index < -0.39 is 0 Å². The van der Waals surface area contributed by atoms with Gasteiger partial charge in [0.15, 0.2) is 0 Å². The molecule has 112 valence electrons. The average Bonchev–Trinajstić information content (AvgIpc) is 2.40. The predicted molar refractivity (Wildman–Crippen MR) is 89.3 cm³/mol. The van der Waals surface area contributed by atoms with Crippen LogP contribution in [-0.2, 0) is 6.54 Å². The fourth-order valence-corrected chi connectivity index (χ4v) is 2.12. The molecule has 0 unspecified atom stereocenters. The summed E-state index contributed by atoms with van der Waals surface area (Å²) in [6, 6.07) is 13.8. The van der Waals surface area contributed by atoms with Gasteiger partial charge in [-0.25, -0.2) is 0 Å². The van der Waals surface area contributed by atoms with E-state index in [-0.39, 0.29) is 5.54 Å². The minimum atomic E-state index is 0.121. The summed E-state index contributed by atoms with van der Waals surface area (Å²) in [5, 5.41) is 4.19. The summed E-state index contributed by atoms with van der Waals surface area (Å²) < 4.78 is 5.89. The molecular weight excluding hydrogens is 282 g/mol. The van der Waals surface area contributed by atoms with Crippen LogP contribution in [0.1, 0.15) is 31.9 Å². The molecule has 1 N–H and O–H groups in total. The maximum absolute atomic E-state index is 5.95. The molecule has 2 aromatic rings. The molecule has 0 aromatic heterocycles. The van der Waals surface area contributed by atoms with Crippen molar-refractivity contribution in [2.24, 2.45) is 0 Å². The van der Waals surface area contributed by atoms with Crippen LogP contribution in [0.4, 0.5) is 0 Å². The summed E-state index contributed by atoms with van der Waals surface area (Å²) in [5.74, 6) is 1.67. The number of ether oxygens (including phenoxy) is 1. The summed E-state index contributed by atoms with van der Waals surface area (Å²) >= 11 is 5.95. The van der Waals surface area contributed by atoms with Gasteiger partial charge in [0.25, 0.3) is 0 Å². The largest absolute Gasteiger partial charge is 0.457 e. The van der Waals surface area contributed by atoms with E-state index in [2.05, 4.69) is 38.2 Å². The Morgan fingerprint density at radius 2 is 1.71 bits per heavy atom. The summed E-state index contributed by atoms with van der Waals surface area (Å²) in [7, 11) is 0. The third-order valence-corrected chi connectivity index (χ3v) is 3.35. The predicted octanol–water partition coefficient (Wildman–Crippen LogP) is 5.33. The van der Waals surface area contributed by atoms with Crippen LogP contribution in [0.15, 0.2) is 42.5 Å². The van der Waals surface area contributed by atoms with Crippen LogP contribution in [0.25, 0.3) is 0 Å². The van der Waals surface area contributed by atoms with Crippen molar-refractivity contribution in [3.05, 3.63) is 58.6 Å². The van der Waals surface area contributed by atoms with E-state index in [1.165, 1.54) is 5.56 Å². The molecular formula is C18H22ClNO. The number of rotatable bonds is 4. The first-order valence-electron chi connectivity index (χ1n) is 7.11. The standard InChI is InChI=1S/C18H22ClNO/c1-13-11-15(19)7-10-17(13)21-16-8-5-14(6-9-16)12-20-18(2,3)4/h5-11,20H,12H2,1-4H3. The highest BCUT2D eigenvalue weighted by atomic mass is 35.5. The number of halogens is 1. The van der Waals surface area contributed by atoms with Crippen molar-refractivity contribution < 1.29 is 4.74 Å². The number of aryl methyl sites for hydroxylation is 1. The second-order valence-corrected chi connectivity index (χ2v) is 6.70. The lowest BCUT2D eigenvalue weighted by Crippen LogP contribution is -2.34. The highest BCUT2D eigenvalue weighted by molar-refractivity contribution is 6.30. The number of benzene rings is 2. The molecule has 0 bridgehead atoms. The fourth-order valence-electron chi connectivity index (χ4n) is 1.90. The second kappa shape index (κ2) is 6.50. The molecule has 21 heavy (non-hydrogen) atoms. The molecule has 0 atom stereocenters. The summed E-state index contributed by atoms with van der Waals surface area (Å²) in [6.07, 6.45) is 0. The van der Waals surface area contributed by atoms with Crippen molar-refractivity contribution in [2.45, 2.75) is 39.8 Å². The fraction of sp³-hybridized carbons (Fsp3) is 0.333. The maximum Gasteiger partial charge on any atom is 0.130 e. The summed E-state index contributed by atoms with van der Waals surface area (Å²) in [6.45, 7) is 9.32. The Labute approximate surface area is 132 Å².